The van der Waals surface area contributed by atoms with Crippen molar-refractivity contribution in [2.75, 3.05) is 7.11 Å². The summed E-state index contributed by atoms with van der Waals surface area (Å²) in [7, 11) is 1.58. The number of H-pyrrole nitrogens is 1. The largest absolute Gasteiger partial charge is 0.479 e. The minimum absolute atomic E-state index is 0.539. The van der Waals surface area contributed by atoms with Crippen LogP contribution < -0.4 is 4.74 Å². The molecule has 2 heterocycles. The zero-order valence-electron chi connectivity index (χ0n) is 8.49. The Balaban J connectivity index is 2.50. The van der Waals surface area contributed by atoms with Gasteiger partial charge in [-0.15, -0.1) is 0 Å². The summed E-state index contributed by atoms with van der Waals surface area (Å²) >= 11 is 5.96. The monoisotopic (exact) mass is 233 g/mol. The normalized spacial score (nSPS) is 11.1. The van der Waals surface area contributed by atoms with Crippen LogP contribution in [0.25, 0.3) is 21.9 Å². The molecule has 0 aliphatic heterocycles. The van der Waals surface area contributed by atoms with Gasteiger partial charge in [-0.2, -0.15) is 4.98 Å². The fraction of sp³-hybridized carbons (Fsp3) is 0.0909. The summed E-state index contributed by atoms with van der Waals surface area (Å²) in [5.41, 5.74) is 2.59. The SMILES string of the molecule is COc1ncnc2c1[nH]c1ccc(Cl)cc12. The Kier molecular flexibility index (Phi) is 1.97. The van der Waals surface area contributed by atoms with Crippen LogP contribution in [-0.4, -0.2) is 22.1 Å². The molecule has 5 heteroatoms. The number of benzene rings is 1. The van der Waals surface area contributed by atoms with Crippen LogP contribution in [0.15, 0.2) is 24.5 Å². The molecule has 0 fully saturated rings. The van der Waals surface area contributed by atoms with Crippen LogP contribution in [0.3, 0.4) is 0 Å². The number of nitrogens with one attached hydrogen (secondary N) is 1. The van der Waals surface area contributed by atoms with Gasteiger partial charge < -0.3 is 9.72 Å². The van der Waals surface area contributed by atoms with Gasteiger partial charge >= 0.3 is 0 Å². The Morgan fingerprint density at radius 1 is 1.31 bits per heavy atom. The highest BCUT2D eigenvalue weighted by molar-refractivity contribution is 6.31. The van der Waals surface area contributed by atoms with Crippen LogP contribution in [0.1, 0.15) is 0 Å². The van der Waals surface area contributed by atoms with E-state index < -0.39 is 0 Å². The number of methoxy groups -OCH3 is 1. The molecule has 4 nitrogen and oxygen atoms in total. The highest BCUT2D eigenvalue weighted by Gasteiger charge is 2.10. The Hall–Kier alpha value is -1.81. The number of hydrogen-bond donors (Lipinski definition) is 1. The van der Waals surface area contributed by atoms with Gasteiger partial charge in [0.1, 0.15) is 17.4 Å². The average molecular weight is 234 g/mol. The van der Waals surface area contributed by atoms with Crippen LogP contribution >= 0.6 is 11.6 Å². The van der Waals surface area contributed by atoms with E-state index in [1.165, 1.54) is 6.33 Å². The first-order valence-electron chi connectivity index (χ1n) is 4.75. The molecule has 0 atom stereocenters. The molecule has 0 saturated carbocycles. The van der Waals surface area contributed by atoms with E-state index in [1.807, 2.05) is 18.2 Å². The average Bonchev–Trinajstić information content (AvgIpc) is 2.67. The third-order valence-corrected chi connectivity index (χ3v) is 2.74. The van der Waals surface area contributed by atoms with Crippen molar-refractivity contribution < 1.29 is 4.74 Å². The Morgan fingerprint density at radius 3 is 3.00 bits per heavy atom. The highest BCUT2D eigenvalue weighted by atomic mass is 35.5. The first-order valence-corrected chi connectivity index (χ1v) is 5.13. The van der Waals surface area contributed by atoms with E-state index in [2.05, 4.69) is 15.0 Å². The summed E-state index contributed by atoms with van der Waals surface area (Å²) in [4.78, 5) is 11.5. The summed E-state index contributed by atoms with van der Waals surface area (Å²) in [5, 5.41) is 1.66. The van der Waals surface area contributed by atoms with Gasteiger partial charge in [0.25, 0.3) is 0 Å². The van der Waals surface area contributed by atoms with E-state index >= 15 is 0 Å². The van der Waals surface area contributed by atoms with Crippen molar-refractivity contribution in [2.24, 2.45) is 0 Å². The Bertz CT molecular complexity index is 677. The van der Waals surface area contributed by atoms with Crippen molar-refractivity contribution in [2.45, 2.75) is 0 Å². The van der Waals surface area contributed by atoms with Crippen molar-refractivity contribution in [1.29, 1.82) is 0 Å². The molecule has 0 saturated heterocycles. The van der Waals surface area contributed by atoms with Gasteiger partial charge in [0, 0.05) is 15.9 Å². The van der Waals surface area contributed by atoms with Gasteiger partial charge in [-0.1, -0.05) is 11.6 Å². The molecule has 0 spiro atoms. The maximum absolute atomic E-state index is 5.96. The molecule has 1 N–H and O–H groups in total. The predicted octanol–water partition coefficient (Wildman–Crippen LogP) is 2.77. The number of ether oxygens (including phenoxy) is 1. The standard InChI is InChI=1S/C11H8ClN3O/c1-16-11-10-9(13-5-14-11)7-4-6(12)2-3-8(7)15-10/h2-5,15H,1H3. The zero-order valence-corrected chi connectivity index (χ0v) is 9.25. The van der Waals surface area contributed by atoms with E-state index in [-0.39, 0.29) is 0 Å². The molecule has 3 rings (SSSR count). The molecular weight excluding hydrogens is 226 g/mol. The molecule has 1 aromatic carbocycles. The lowest BCUT2D eigenvalue weighted by molar-refractivity contribution is 0.402. The summed E-state index contributed by atoms with van der Waals surface area (Å²) in [6, 6.07) is 5.63. The molecule has 0 aliphatic rings. The Morgan fingerprint density at radius 2 is 2.19 bits per heavy atom. The highest BCUT2D eigenvalue weighted by Crippen LogP contribution is 2.29. The van der Waals surface area contributed by atoms with Gasteiger partial charge in [0.15, 0.2) is 0 Å². The number of aromatic nitrogens is 3. The second-order valence-electron chi connectivity index (χ2n) is 3.42. The molecular formula is C11H8ClN3O. The number of nitrogens with zero attached hydrogens (tertiary/aromatic N) is 2. The van der Waals surface area contributed by atoms with Crippen molar-refractivity contribution in [3.63, 3.8) is 0 Å². The van der Waals surface area contributed by atoms with Gasteiger partial charge in [-0.3, -0.25) is 0 Å². The summed E-state index contributed by atoms with van der Waals surface area (Å²) in [5.74, 6) is 0.539. The second-order valence-corrected chi connectivity index (χ2v) is 3.86. The molecule has 0 bridgehead atoms. The van der Waals surface area contributed by atoms with E-state index in [1.54, 1.807) is 7.11 Å². The molecule has 3 aromatic rings. The molecule has 80 valence electrons. The Labute approximate surface area is 96.2 Å². The fourth-order valence-corrected chi connectivity index (χ4v) is 1.97. The molecule has 0 radical (unpaired) electrons. The predicted molar refractivity (Wildman–Crippen MR) is 63.0 cm³/mol. The molecule has 0 unspecified atom stereocenters. The van der Waals surface area contributed by atoms with E-state index in [9.17, 15) is 0 Å². The van der Waals surface area contributed by atoms with Gasteiger partial charge in [0.05, 0.1) is 7.11 Å². The third kappa shape index (κ3) is 1.23. The quantitative estimate of drug-likeness (QED) is 0.703. The fourth-order valence-electron chi connectivity index (χ4n) is 1.80. The lowest BCUT2D eigenvalue weighted by Gasteiger charge is -1.97. The molecule has 2 aromatic heterocycles. The smallest absolute Gasteiger partial charge is 0.241 e. The molecule has 16 heavy (non-hydrogen) atoms. The molecule has 0 amide bonds. The van der Waals surface area contributed by atoms with Crippen LogP contribution in [0.4, 0.5) is 0 Å². The van der Waals surface area contributed by atoms with Crippen molar-refractivity contribution in [3.8, 4) is 5.88 Å². The molecule has 0 aliphatic carbocycles. The van der Waals surface area contributed by atoms with Crippen molar-refractivity contribution >= 4 is 33.5 Å². The van der Waals surface area contributed by atoms with Gasteiger partial charge in [-0.05, 0) is 18.2 Å². The number of hydrogen-bond acceptors (Lipinski definition) is 3. The van der Waals surface area contributed by atoms with Crippen molar-refractivity contribution in [3.05, 3.63) is 29.5 Å². The van der Waals surface area contributed by atoms with Crippen LogP contribution in [0.2, 0.25) is 5.02 Å². The first-order chi connectivity index (χ1) is 7.79. The zero-order chi connectivity index (χ0) is 11.1. The van der Waals surface area contributed by atoms with Gasteiger partial charge in [-0.25, -0.2) is 4.98 Å². The van der Waals surface area contributed by atoms with Crippen LogP contribution in [0, 0.1) is 0 Å². The number of rotatable bonds is 1. The summed E-state index contributed by atoms with van der Waals surface area (Å²) in [6.07, 6.45) is 1.48. The third-order valence-electron chi connectivity index (χ3n) is 2.50. The summed E-state index contributed by atoms with van der Waals surface area (Å²) < 4.78 is 5.17. The van der Waals surface area contributed by atoms with Crippen molar-refractivity contribution in [1.82, 2.24) is 15.0 Å². The van der Waals surface area contributed by atoms with Crippen LogP contribution in [-0.2, 0) is 0 Å². The first kappa shape index (κ1) is 9.42. The van der Waals surface area contributed by atoms with E-state index in [4.69, 9.17) is 16.3 Å². The lowest BCUT2D eigenvalue weighted by Crippen LogP contribution is -1.89. The van der Waals surface area contributed by atoms with Gasteiger partial charge in [0.2, 0.25) is 5.88 Å². The van der Waals surface area contributed by atoms with E-state index in [0.717, 1.165) is 21.9 Å². The van der Waals surface area contributed by atoms with E-state index in [0.29, 0.717) is 10.9 Å². The maximum Gasteiger partial charge on any atom is 0.241 e. The number of fused-ring (bicyclic) bond motifs is 3. The number of aromatic amines is 1. The lowest BCUT2D eigenvalue weighted by atomic mass is 10.2. The second kappa shape index (κ2) is 3.35. The van der Waals surface area contributed by atoms with Crippen LogP contribution in [0.5, 0.6) is 5.88 Å². The minimum atomic E-state index is 0.539. The minimum Gasteiger partial charge on any atom is -0.479 e. The summed E-state index contributed by atoms with van der Waals surface area (Å²) in [6.45, 7) is 0. The topological polar surface area (TPSA) is 50.8 Å². The maximum atomic E-state index is 5.96. The number of halogens is 1.